The molecule has 1 aliphatic rings. The highest BCUT2D eigenvalue weighted by Crippen LogP contribution is 2.24. The lowest BCUT2D eigenvalue weighted by Crippen LogP contribution is -2.41. The Hall–Kier alpha value is -1.65. The summed E-state index contributed by atoms with van der Waals surface area (Å²) in [5.41, 5.74) is 7.08. The Bertz CT molecular complexity index is 701. The van der Waals surface area contributed by atoms with Crippen LogP contribution in [0.2, 0.25) is 0 Å². The number of aromatic nitrogens is 1. The Kier molecular flexibility index (Phi) is 9.02. The third kappa shape index (κ3) is 6.78. The molecule has 2 aromatic heterocycles. The lowest BCUT2D eigenvalue weighted by molar-refractivity contribution is 0.0135. The lowest BCUT2D eigenvalue weighted by Gasteiger charge is -2.32. The third-order valence-corrected chi connectivity index (χ3v) is 4.42. The van der Waals surface area contributed by atoms with Crippen molar-refractivity contribution < 1.29 is 9.15 Å². The number of hydrogen-bond donors (Lipinski definition) is 2. The van der Waals surface area contributed by atoms with Crippen LogP contribution in [0.3, 0.4) is 0 Å². The molecule has 1 saturated heterocycles. The van der Waals surface area contributed by atoms with Gasteiger partial charge in [0.25, 0.3) is 0 Å². The van der Waals surface area contributed by atoms with Crippen molar-refractivity contribution in [2.75, 3.05) is 39.4 Å². The maximum absolute atomic E-state index is 6.04. The number of morpholine rings is 1. The number of guanidine groups is 1. The second kappa shape index (κ2) is 11.3. The van der Waals surface area contributed by atoms with Gasteiger partial charge in [0.05, 0.1) is 25.8 Å². The van der Waals surface area contributed by atoms with Gasteiger partial charge in [-0.15, -0.1) is 24.0 Å². The van der Waals surface area contributed by atoms with Crippen molar-refractivity contribution in [2.24, 2.45) is 10.7 Å². The van der Waals surface area contributed by atoms with Crippen molar-refractivity contribution >= 4 is 29.9 Å². The van der Waals surface area contributed by atoms with Crippen LogP contribution in [0.15, 0.2) is 45.9 Å². The van der Waals surface area contributed by atoms with Crippen molar-refractivity contribution in [2.45, 2.75) is 19.4 Å². The standard InChI is InChI=1S/C19H27N5O2.HI/c1-15-5-6-18(26-15)17(24-10-12-25-13-11-24)14-23-19(20)22-9-7-16-4-2-3-8-21-16;/h2-6,8,17H,7,9-14H2,1H3,(H3,20,22,23);1H. The lowest BCUT2D eigenvalue weighted by atomic mass is 10.1. The Labute approximate surface area is 177 Å². The van der Waals surface area contributed by atoms with Crippen LogP contribution >= 0.6 is 24.0 Å². The molecule has 3 N–H and O–H groups in total. The van der Waals surface area contributed by atoms with Gasteiger partial charge >= 0.3 is 0 Å². The highest BCUT2D eigenvalue weighted by atomic mass is 127. The van der Waals surface area contributed by atoms with E-state index in [1.54, 1.807) is 6.20 Å². The molecule has 1 fully saturated rings. The van der Waals surface area contributed by atoms with Crippen molar-refractivity contribution in [3.63, 3.8) is 0 Å². The van der Waals surface area contributed by atoms with E-state index in [1.807, 2.05) is 37.3 Å². The van der Waals surface area contributed by atoms with Crippen LogP contribution in [0.1, 0.15) is 23.3 Å². The Morgan fingerprint density at radius 2 is 2.11 bits per heavy atom. The summed E-state index contributed by atoms with van der Waals surface area (Å²) in [6.07, 6.45) is 2.60. The molecule has 1 aliphatic heterocycles. The van der Waals surface area contributed by atoms with Crippen molar-refractivity contribution in [3.8, 4) is 0 Å². The van der Waals surface area contributed by atoms with Crippen LogP contribution in [-0.4, -0.2) is 55.2 Å². The molecule has 0 radical (unpaired) electrons. The molecule has 148 valence electrons. The number of hydrogen-bond acceptors (Lipinski definition) is 5. The van der Waals surface area contributed by atoms with Gasteiger partial charge in [0, 0.05) is 37.9 Å². The summed E-state index contributed by atoms with van der Waals surface area (Å²) in [5.74, 6) is 2.28. The monoisotopic (exact) mass is 485 g/mol. The second-order valence-corrected chi connectivity index (χ2v) is 6.34. The van der Waals surface area contributed by atoms with Crippen molar-refractivity contribution in [1.29, 1.82) is 0 Å². The summed E-state index contributed by atoms with van der Waals surface area (Å²) < 4.78 is 11.3. The van der Waals surface area contributed by atoms with Gasteiger partial charge in [-0.1, -0.05) is 6.07 Å². The molecule has 3 rings (SSSR count). The summed E-state index contributed by atoms with van der Waals surface area (Å²) in [4.78, 5) is 11.2. The molecule has 0 bridgehead atoms. The smallest absolute Gasteiger partial charge is 0.188 e. The predicted octanol–water partition coefficient (Wildman–Crippen LogP) is 2.12. The molecule has 8 heteroatoms. The van der Waals surface area contributed by atoms with E-state index in [4.69, 9.17) is 14.9 Å². The van der Waals surface area contributed by atoms with Crippen LogP contribution in [0.25, 0.3) is 0 Å². The van der Waals surface area contributed by atoms with Crippen molar-refractivity contribution in [3.05, 3.63) is 53.7 Å². The van der Waals surface area contributed by atoms with E-state index in [0.29, 0.717) is 19.0 Å². The molecule has 27 heavy (non-hydrogen) atoms. The zero-order chi connectivity index (χ0) is 18.2. The van der Waals surface area contributed by atoms with Gasteiger partial charge < -0.3 is 20.2 Å². The predicted molar refractivity (Wildman–Crippen MR) is 116 cm³/mol. The van der Waals surface area contributed by atoms with Gasteiger partial charge in [-0.3, -0.25) is 14.9 Å². The number of nitrogens with one attached hydrogen (secondary N) is 1. The molecule has 0 aliphatic carbocycles. The number of halogens is 1. The van der Waals surface area contributed by atoms with E-state index in [1.165, 1.54) is 0 Å². The maximum Gasteiger partial charge on any atom is 0.188 e. The van der Waals surface area contributed by atoms with E-state index in [0.717, 1.165) is 49.9 Å². The second-order valence-electron chi connectivity index (χ2n) is 6.34. The third-order valence-electron chi connectivity index (χ3n) is 4.42. The first-order valence-electron chi connectivity index (χ1n) is 9.04. The zero-order valence-corrected chi connectivity index (χ0v) is 18.0. The number of furan rings is 1. The number of pyridine rings is 1. The Morgan fingerprint density at radius 3 is 2.78 bits per heavy atom. The molecule has 0 spiro atoms. The summed E-state index contributed by atoms with van der Waals surface area (Å²) >= 11 is 0. The first-order valence-corrected chi connectivity index (χ1v) is 9.04. The largest absolute Gasteiger partial charge is 0.465 e. The Balaban J connectivity index is 0.00000261. The van der Waals surface area contributed by atoms with E-state index < -0.39 is 0 Å². The molecule has 1 atom stereocenters. The van der Waals surface area contributed by atoms with E-state index in [9.17, 15) is 0 Å². The number of rotatable bonds is 7. The molecule has 0 saturated carbocycles. The first-order chi connectivity index (χ1) is 12.7. The number of nitrogens with zero attached hydrogens (tertiary/aromatic N) is 3. The molecule has 7 nitrogen and oxygen atoms in total. The van der Waals surface area contributed by atoms with Gasteiger partial charge in [0.1, 0.15) is 11.5 Å². The number of aliphatic imine (C=N–C) groups is 1. The molecular weight excluding hydrogens is 457 g/mol. The van der Waals surface area contributed by atoms with E-state index in [-0.39, 0.29) is 30.0 Å². The van der Waals surface area contributed by atoms with E-state index in [2.05, 4.69) is 20.2 Å². The van der Waals surface area contributed by atoms with Crippen LogP contribution in [-0.2, 0) is 11.2 Å². The summed E-state index contributed by atoms with van der Waals surface area (Å²) in [7, 11) is 0. The SMILES string of the molecule is Cc1ccc(C(CN=C(N)NCCc2ccccn2)N2CCOCC2)o1.I. The average Bonchev–Trinajstić information content (AvgIpc) is 3.10. The van der Waals surface area contributed by atoms with Crippen molar-refractivity contribution in [1.82, 2.24) is 15.2 Å². The van der Waals surface area contributed by atoms with Crippen LogP contribution in [0.4, 0.5) is 0 Å². The fraction of sp³-hybridized carbons (Fsp3) is 0.474. The van der Waals surface area contributed by atoms with Crippen LogP contribution in [0, 0.1) is 6.92 Å². The minimum absolute atomic E-state index is 0. The highest BCUT2D eigenvalue weighted by Gasteiger charge is 2.25. The molecular formula is C19H28IN5O2. The average molecular weight is 485 g/mol. The quantitative estimate of drug-likeness (QED) is 0.355. The van der Waals surface area contributed by atoms with Gasteiger partial charge in [-0.25, -0.2) is 0 Å². The highest BCUT2D eigenvalue weighted by molar-refractivity contribution is 14.0. The van der Waals surface area contributed by atoms with Crippen LogP contribution in [0.5, 0.6) is 0 Å². The summed E-state index contributed by atoms with van der Waals surface area (Å²) in [6, 6.07) is 9.98. The number of aryl methyl sites for hydroxylation is 1. The number of ether oxygens (including phenoxy) is 1. The zero-order valence-electron chi connectivity index (χ0n) is 15.6. The van der Waals surface area contributed by atoms with Crippen LogP contribution < -0.4 is 11.1 Å². The van der Waals surface area contributed by atoms with E-state index >= 15 is 0 Å². The molecule has 1 unspecified atom stereocenters. The summed E-state index contributed by atoms with van der Waals surface area (Å²) in [6.45, 7) is 6.41. The van der Waals surface area contributed by atoms with Gasteiger partial charge in [0.2, 0.25) is 0 Å². The fourth-order valence-electron chi connectivity index (χ4n) is 3.01. The minimum atomic E-state index is 0. The minimum Gasteiger partial charge on any atom is -0.465 e. The molecule has 0 aromatic carbocycles. The Morgan fingerprint density at radius 1 is 1.30 bits per heavy atom. The van der Waals surface area contributed by atoms with Gasteiger partial charge in [-0.2, -0.15) is 0 Å². The maximum atomic E-state index is 6.04. The molecule has 0 amide bonds. The molecule has 3 heterocycles. The first kappa shape index (κ1) is 21.6. The number of nitrogens with two attached hydrogens (primary N) is 1. The molecule has 2 aromatic rings. The fourth-order valence-corrected chi connectivity index (χ4v) is 3.01. The normalized spacial score (nSPS) is 16.6. The van der Waals surface area contributed by atoms with Gasteiger partial charge in [-0.05, 0) is 31.2 Å². The topological polar surface area (TPSA) is 88.9 Å². The summed E-state index contributed by atoms with van der Waals surface area (Å²) in [5, 5.41) is 3.16. The van der Waals surface area contributed by atoms with Gasteiger partial charge in [0.15, 0.2) is 5.96 Å².